The van der Waals surface area contributed by atoms with Crippen LogP contribution >= 0.6 is 0 Å². The van der Waals surface area contributed by atoms with Gasteiger partial charge >= 0.3 is 0 Å². The highest BCUT2D eigenvalue weighted by atomic mass is 15.1. The van der Waals surface area contributed by atoms with E-state index in [1.165, 1.54) is 0 Å². The third-order valence-corrected chi connectivity index (χ3v) is 7.25. The van der Waals surface area contributed by atoms with Crippen molar-refractivity contribution in [2.24, 2.45) is 20.0 Å². The molecule has 2 aliphatic rings. The van der Waals surface area contributed by atoms with E-state index < -0.39 is 0 Å². The van der Waals surface area contributed by atoms with Crippen LogP contribution in [0, 0.1) is 0 Å². The molecule has 0 aromatic heterocycles. The van der Waals surface area contributed by atoms with Crippen LogP contribution in [0.15, 0.2) is 166 Å². The number of benzene rings is 5. The van der Waals surface area contributed by atoms with Gasteiger partial charge in [0.2, 0.25) is 0 Å². The van der Waals surface area contributed by atoms with Crippen molar-refractivity contribution in [2.45, 2.75) is 12.1 Å². The van der Waals surface area contributed by atoms with Crippen LogP contribution in [0.25, 0.3) is 0 Å². The molecule has 0 fully saturated rings. The van der Waals surface area contributed by atoms with Crippen molar-refractivity contribution in [3.05, 3.63) is 179 Å². The first-order chi connectivity index (χ1) is 19.8. The van der Waals surface area contributed by atoms with E-state index in [0.29, 0.717) is 11.7 Å². The van der Waals surface area contributed by atoms with Gasteiger partial charge in [-0.15, -0.1) is 0 Å². The van der Waals surface area contributed by atoms with E-state index in [0.717, 1.165) is 44.8 Å². The van der Waals surface area contributed by atoms with Gasteiger partial charge in [-0.3, -0.25) is 9.98 Å². The Balaban J connectivity index is 1.35. The first-order valence-corrected chi connectivity index (χ1v) is 13.5. The smallest absolute Gasteiger partial charge is 0.156 e. The van der Waals surface area contributed by atoms with Crippen molar-refractivity contribution in [2.75, 3.05) is 0 Å². The molecule has 5 aromatic carbocycles. The van der Waals surface area contributed by atoms with Gasteiger partial charge in [0.15, 0.2) is 11.7 Å². The van der Waals surface area contributed by atoms with Crippen molar-refractivity contribution in [1.29, 1.82) is 0 Å². The minimum absolute atomic E-state index is 0.183. The van der Waals surface area contributed by atoms with E-state index in [-0.39, 0.29) is 12.1 Å². The zero-order chi connectivity index (χ0) is 26.7. The Hall–Kier alpha value is -5.22. The summed E-state index contributed by atoms with van der Waals surface area (Å²) in [5, 5.41) is 0. The van der Waals surface area contributed by atoms with Crippen LogP contribution in [-0.4, -0.2) is 23.1 Å². The van der Waals surface area contributed by atoms with Gasteiger partial charge in [-0.2, -0.15) is 0 Å². The number of aliphatic imine (C=N–C) groups is 4. The average molecular weight is 515 g/mol. The van der Waals surface area contributed by atoms with Crippen molar-refractivity contribution in [3.63, 3.8) is 0 Å². The summed E-state index contributed by atoms with van der Waals surface area (Å²) in [5.41, 5.74) is 8.12. The molecule has 0 saturated carbocycles. The van der Waals surface area contributed by atoms with Gasteiger partial charge in [0, 0.05) is 11.1 Å². The van der Waals surface area contributed by atoms with Crippen LogP contribution in [0.5, 0.6) is 0 Å². The number of amidine groups is 2. The molecule has 5 aromatic rings. The minimum atomic E-state index is -0.183. The number of nitrogens with zero attached hydrogens (tertiary/aromatic N) is 4. The minimum Gasteiger partial charge on any atom is -0.251 e. The quantitative estimate of drug-likeness (QED) is 0.223. The highest BCUT2D eigenvalue weighted by molar-refractivity contribution is 6.24. The molecule has 0 radical (unpaired) electrons. The lowest BCUT2D eigenvalue weighted by Gasteiger charge is -2.11. The van der Waals surface area contributed by atoms with E-state index in [1.54, 1.807) is 0 Å². The largest absolute Gasteiger partial charge is 0.251 e. The van der Waals surface area contributed by atoms with Crippen LogP contribution in [-0.2, 0) is 0 Å². The molecule has 0 saturated heterocycles. The lowest BCUT2D eigenvalue weighted by molar-refractivity contribution is 0.984. The van der Waals surface area contributed by atoms with Gasteiger partial charge in [-0.1, -0.05) is 146 Å². The molecule has 2 atom stereocenters. The van der Waals surface area contributed by atoms with Crippen molar-refractivity contribution in [1.82, 2.24) is 0 Å². The maximum Gasteiger partial charge on any atom is 0.156 e. The van der Waals surface area contributed by atoms with Crippen LogP contribution in [0.4, 0.5) is 0 Å². The molecule has 0 N–H and O–H groups in total. The Morgan fingerprint density at radius 3 is 1.05 bits per heavy atom. The molecule has 40 heavy (non-hydrogen) atoms. The summed E-state index contributed by atoms with van der Waals surface area (Å²) in [6.07, 6.45) is 0. The Morgan fingerprint density at radius 1 is 0.350 bits per heavy atom. The lowest BCUT2D eigenvalue weighted by atomic mass is 9.98. The Morgan fingerprint density at radius 2 is 0.675 bits per heavy atom. The normalized spacial score (nSPS) is 18.1. The highest BCUT2D eigenvalue weighted by Gasteiger charge is 2.30. The lowest BCUT2D eigenvalue weighted by Crippen LogP contribution is -2.08. The fourth-order valence-electron chi connectivity index (χ4n) is 5.31. The van der Waals surface area contributed by atoms with Crippen LogP contribution in [0.1, 0.15) is 45.5 Å². The molecule has 0 amide bonds. The predicted octanol–water partition coefficient (Wildman–Crippen LogP) is 7.67. The summed E-state index contributed by atoms with van der Waals surface area (Å²) >= 11 is 0. The highest BCUT2D eigenvalue weighted by Crippen LogP contribution is 2.33. The summed E-state index contributed by atoms with van der Waals surface area (Å²) in [6.45, 7) is 0. The molecule has 190 valence electrons. The Labute approximate surface area is 233 Å². The first kappa shape index (κ1) is 23.9. The summed E-state index contributed by atoms with van der Waals surface area (Å²) in [4.78, 5) is 20.6. The van der Waals surface area contributed by atoms with Crippen LogP contribution in [0.3, 0.4) is 0 Å². The SMILES string of the molecule is c1ccc(C2=NC(c3ccccc3C3=NC(c4ccccc4)C(c4ccccc4)=N3)=NC2c2ccccc2)cc1. The van der Waals surface area contributed by atoms with Gasteiger partial charge in [-0.05, 0) is 22.3 Å². The van der Waals surface area contributed by atoms with Gasteiger partial charge in [-0.25, -0.2) is 9.98 Å². The summed E-state index contributed by atoms with van der Waals surface area (Å²) < 4.78 is 0. The third kappa shape index (κ3) is 4.50. The second kappa shape index (κ2) is 10.5. The fourth-order valence-corrected chi connectivity index (χ4v) is 5.31. The molecule has 2 heterocycles. The van der Waals surface area contributed by atoms with E-state index in [2.05, 4.69) is 84.9 Å². The summed E-state index contributed by atoms with van der Waals surface area (Å²) in [6, 6.07) is 49.2. The van der Waals surface area contributed by atoms with Crippen molar-refractivity contribution >= 4 is 23.1 Å². The maximum absolute atomic E-state index is 5.18. The van der Waals surface area contributed by atoms with Crippen LogP contribution < -0.4 is 0 Å². The molecule has 0 spiro atoms. The van der Waals surface area contributed by atoms with E-state index in [1.807, 2.05) is 60.7 Å². The Kier molecular flexibility index (Phi) is 6.27. The number of rotatable bonds is 6. The number of hydrogen-bond donors (Lipinski definition) is 0. The average Bonchev–Trinajstić information content (AvgIpc) is 3.69. The van der Waals surface area contributed by atoms with Gasteiger partial charge in [0.05, 0.1) is 11.4 Å². The first-order valence-electron chi connectivity index (χ1n) is 13.5. The van der Waals surface area contributed by atoms with Crippen LogP contribution in [0.2, 0.25) is 0 Å². The monoisotopic (exact) mass is 514 g/mol. The molecular formula is C36H26N4. The molecule has 2 unspecified atom stereocenters. The second-order valence-corrected chi connectivity index (χ2v) is 9.80. The molecule has 4 nitrogen and oxygen atoms in total. The molecular weight excluding hydrogens is 488 g/mol. The molecule has 0 aliphatic carbocycles. The molecule has 7 rings (SSSR count). The number of hydrogen-bond acceptors (Lipinski definition) is 4. The van der Waals surface area contributed by atoms with Gasteiger partial charge in [0.25, 0.3) is 0 Å². The van der Waals surface area contributed by atoms with E-state index >= 15 is 0 Å². The van der Waals surface area contributed by atoms with E-state index in [4.69, 9.17) is 20.0 Å². The summed E-state index contributed by atoms with van der Waals surface area (Å²) in [7, 11) is 0. The zero-order valence-electron chi connectivity index (χ0n) is 21.8. The zero-order valence-corrected chi connectivity index (χ0v) is 21.8. The topological polar surface area (TPSA) is 49.4 Å². The fraction of sp³-hybridized carbons (Fsp3) is 0.0556. The predicted molar refractivity (Wildman–Crippen MR) is 164 cm³/mol. The standard InChI is InChI=1S/C36H26N4/c1-5-15-25(16-6-1)31-32(26-17-7-2-8-18-26)38-35(37-31)29-23-13-14-24-30(29)36-39-33(27-19-9-3-10-20-27)34(40-36)28-21-11-4-12-22-28/h1-24,31,33H. The van der Waals surface area contributed by atoms with Gasteiger partial charge < -0.3 is 0 Å². The van der Waals surface area contributed by atoms with Crippen molar-refractivity contribution in [3.8, 4) is 0 Å². The summed E-state index contributed by atoms with van der Waals surface area (Å²) in [5.74, 6) is 1.40. The third-order valence-electron chi connectivity index (χ3n) is 7.25. The molecule has 4 heteroatoms. The van der Waals surface area contributed by atoms with Crippen molar-refractivity contribution < 1.29 is 0 Å². The van der Waals surface area contributed by atoms with E-state index in [9.17, 15) is 0 Å². The Bertz CT molecular complexity index is 1640. The molecule has 2 aliphatic heterocycles. The maximum atomic E-state index is 5.18. The van der Waals surface area contributed by atoms with Gasteiger partial charge in [0.1, 0.15) is 12.1 Å². The molecule has 0 bridgehead atoms. The second-order valence-electron chi connectivity index (χ2n) is 9.80.